The highest BCUT2D eigenvalue weighted by Crippen LogP contribution is 2.22. The highest BCUT2D eigenvalue weighted by atomic mass is 35.5. The quantitative estimate of drug-likeness (QED) is 0.631. The van der Waals surface area contributed by atoms with Crippen LogP contribution in [0.1, 0.15) is 18.9 Å². The Hall–Kier alpha value is -1.22. The van der Waals surface area contributed by atoms with Crippen molar-refractivity contribution in [2.24, 2.45) is 5.73 Å². The van der Waals surface area contributed by atoms with E-state index in [9.17, 15) is 13.2 Å². The van der Waals surface area contributed by atoms with E-state index in [4.69, 9.17) is 29.6 Å². The van der Waals surface area contributed by atoms with Crippen molar-refractivity contribution in [1.82, 2.24) is 10.0 Å². The van der Waals surface area contributed by atoms with Crippen LogP contribution >= 0.6 is 23.8 Å². The number of carbonyl (C=O) groups excluding carboxylic acids is 1. The number of nitrogens with two attached hydrogens (primary N) is 1. The van der Waals surface area contributed by atoms with Crippen LogP contribution in [-0.2, 0) is 14.8 Å². The van der Waals surface area contributed by atoms with Crippen molar-refractivity contribution in [3.63, 3.8) is 0 Å². The number of amides is 1. The molecule has 0 aliphatic heterocycles. The highest BCUT2D eigenvalue weighted by molar-refractivity contribution is 7.89. The first-order valence-electron chi connectivity index (χ1n) is 6.13. The minimum Gasteiger partial charge on any atom is -0.389 e. The van der Waals surface area contributed by atoms with E-state index in [2.05, 4.69) is 10.0 Å². The molecule has 0 aromatic heterocycles. The predicted octanol–water partition coefficient (Wildman–Crippen LogP) is 0.779. The van der Waals surface area contributed by atoms with Crippen LogP contribution in [0, 0.1) is 0 Å². The van der Waals surface area contributed by atoms with E-state index in [0.29, 0.717) is 12.1 Å². The zero-order valence-electron chi connectivity index (χ0n) is 11.3. The Morgan fingerprint density at radius 1 is 1.43 bits per heavy atom. The van der Waals surface area contributed by atoms with Crippen molar-refractivity contribution in [3.8, 4) is 0 Å². The summed E-state index contributed by atoms with van der Waals surface area (Å²) >= 11 is 10.7. The van der Waals surface area contributed by atoms with Gasteiger partial charge in [-0.25, -0.2) is 13.1 Å². The highest BCUT2D eigenvalue weighted by Gasteiger charge is 2.19. The first-order chi connectivity index (χ1) is 9.77. The molecule has 0 saturated carbocycles. The van der Waals surface area contributed by atoms with Crippen molar-refractivity contribution in [2.45, 2.75) is 18.2 Å². The second kappa shape index (κ2) is 7.69. The van der Waals surface area contributed by atoms with Crippen molar-refractivity contribution in [1.29, 1.82) is 0 Å². The Morgan fingerprint density at radius 3 is 2.62 bits per heavy atom. The summed E-state index contributed by atoms with van der Waals surface area (Å²) in [6.07, 6.45) is 0.769. The average Bonchev–Trinajstić information content (AvgIpc) is 2.42. The van der Waals surface area contributed by atoms with Gasteiger partial charge in [0.1, 0.15) is 9.88 Å². The van der Waals surface area contributed by atoms with E-state index in [1.54, 1.807) is 0 Å². The molecule has 116 valence electrons. The number of benzene rings is 1. The van der Waals surface area contributed by atoms with Gasteiger partial charge in [0.25, 0.3) is 0 Å². The summed E-state index contributed by atoms with van der Waals surface area (Å²) in [5.41, 5.74) is 5.91. The van der Waals surface area contributed by atoms with E-state index in [1.807, 2.05) is 6.92 Å². The second-order valence-corrected chi connectivity index (χ2v) is 6.77. The van der Waals surface area contributed by atoms with Gasteiger partial charge in [-0.1, -0.05) is 36.8 Å². The van der Waals surface area contributed by atoms with Gasteiger partial charge in [0, 0.05) is 12.1 Å². The number of thiocarbonyl (C=S) groups is 1. The Bertz CT molecular complexity index is 647. The lowest BCUT2D eigenvalue weighted by atomic mass is 10.2. The van der Waals surface area contributed by atoms with Gasteiger partial charge in [-0.3, -0.25) is 4.79 Å². The van der Waals surface area contributed by atoms with Crippen LogP contribution in [0.15, 0.2) is 23.1 Å². The summed E-state index contributed by atoms with van der Waals surface area (Å²) in [7, 11) is -3.88. The van der Waals surface area contributed by atoms with E-state index < -0.39 is 15.9 Å². The molecule has 0 radical (unpaired) electrons. The lowest BCUT2D eigenvalue weighted by molar-refractivity contribution is -0.119. The standard InChI is InChI=1S/C12H16ClN3O3S2/c1-2-5-15-11(17)7-16-21(18,19)10-4-3-8(12(14)20)6-9(10)13/h3-4,6,16H,2,5,7H2,1H3,(H2,14,20)(H,15,17). The fourth-order valence-electron chi connectivity index (χ4n) is 1.44. The molecule has 0 heterocycles. The van der Waals surface area contributed by atoms with Gasteiger partial charge in [0.2, 0.25) is 15.9 Å². The minimum atomic E-state index is -3.88. The molecule has 1 aromatic rings. The molecule has 1 amide bonds. The maximum atomic E-state index is 12.1. The SMILES string of the molecule is CCCNC(=O)CNS(=O)(=O)c1ccc(C(N)=S)cc1Cl. The van der Waals surface area contributed by atoms with Crippen molar-refractivity contribution < 1.29 is 13.2 Å². The van der Waals surface area contributed by atoms with E-state index in [0.717, 1.165) is 6.42 Å². The molecule has 0 spiro atoms. The molecular formula is C12H16ClN3O3S2. The molecule has 0 atom stereocenters. The van der Waals surface area contributed by atoms with Crippen LogP contribution in [0.3, 0.4) is 0 Å². The molecule has 21 heavy (non-hydrogen) atoms. The van der Waals surface area contributed by atoms with Gasteiger partial charge in [0.05, 0.1) is 11.6 Å². The monoisotopic (exact) mass is 349 g/mol. The molecule has 0 aliphatic rings. The first kappa shape index (κ1) is 17.8. The number of nitrogens with one attached hydrogen (secondary N) is 2. The number of halogens is 1. The molecule has 0 unspecified atom stereocenters. The molecule has 1 rings (SSSR count). The van der Waals surface area contributed by atoms with Gasteiger partial charge in [-0.2, -0.15) is 0 Å². The molecule has 1 aromatic carbocycles. The smallest absolute Gasteiger partial charge is 0.242 e. The van der Waals surface area contributed by atoms with E-state index in [1.165, 1.54) is 18.2 Å². The fraction of sp³-hybridized carbons (Fsp3) is 0.333. The summed E-state index contributed by atoms with van der Waals surface area (Å²) < 4.78 is 26.3. The lowest BCUT2D eigenvalue weighted by Gasteiger charge is -2.09. The Balaban J connectivity index is 2.84. The molecule has 4 N–H and O–H groups in total. The van der Waals surface area contributed by atoms with E-state index in [-0.39, 0.29) is 21.5 Å². The zero-order valence-corrected chi connectivity index (χ0v) is 13.7. The third-order valence-electron chi connectivity index (χ3n) is 2.50. The topological polar surface area (TPSA) is 101 Å². The molecule has 0 aliphatic carbocycles. The maximum absolute atomic E-state index is 12.1. The largest absolute Gasteiger partial charge is 0.389 e. The predicted molar refractivity (Wildman–Crippen MR) is 85.8 cm³/mol. The number of hydrogen-bond acceptors (Lipinski definition) is 4. The zero-order chi connectivity index (χ0) is 16.0. The van der Waals surface area contributed by atoms with Crippen LogP contribution in [0.4, 0.5) is 0 Å². The lowest BCUT2D eigenvalue weighted by Crippen LogP contribution is -2.37. The minimum absolute atomic E-state index is 0.0123. The van der Waals surface area contributed by atoms with Gasteiger partial charge in [-0.15, -0.1) is 0 Å². The number of sulfonamides is 1. The van der Waals surface area contributed by atoms with Crippen LogP contribution in [0.25, 0.3) is 0 Å². The molecule has 0 fully saturated rings. The van der Waals surface area contributed by atoms with Crippen LogP contribution < -0.4 is 15.8 Å². The Kier molecular flexibility index (Phi) is 6.53. The first-order valence-corrected chi connectivity index (χ1v) is 8.40. The molecular weight excluding hydrogens is 334 g/mol. The summed E-state index contributed by atoms with van der Waals surface area (Å²) in [6, 6.07) is 4.12. The van der Waals surface area contributed by atoms with Gasteiger partial charge >= 0.3 is 0 Å². The number of hydrogen-bond donors (Lipinski definition) is 3. The van der Waals surface area contributed by atoms with Gasteiger partial charge in [-0.05, 0) is 18.6 Å². The fourth-order valence-corrected chi connectivity index (χ4v) is 3.09. The summed E-state index contributed by atoms with van der Waals surface area (Å²) in [4.78, 5) is 11.4. The third-order valence-corrected chi connectivity index (χ3v) is 4.62. The third kappa shape index (κ3) is 5.24. The summed E-state index contributed by atoms with van der Waals surface area (Å²) in [5, 5.41) is 2.55. The van der Waals surface area contributed by atoms with Crippen LogP contribution in [0.5, 0.6) is 0 Å². The van der Waals surface area contributed by atoms with Crippen molar-refractivity contribution in [2.75, 3.05) is 13.1 Å². The summed E-state index contributed by atoms with van der Waals surface area (Å²) in [5.74, 6) is -0.406. The molecule has 6 nitrogen and oxygen atoms in total. The number of rotatable bonds is 7. The maximum Gasteiger partial charge on any atom is 0.242 e. The van der Waals surface area contributed by atoms with Crippen molar-refractivity contribution in [3.05, 3.63) is 28.8 Å². The molecule has 9 heteroatoms. The van der Waals surface area contributed by atoms with Crippen LogP contribution in [-0.4, -0.2) is 32.4 Å². The average molecular weight is 350 g/mol. The number of carbonyl (C=O) groups is 1. The van der Waals surface area contributed by atoms with Crippen LogP contribution in [0.2, 0.25) is 5.02 Å². The Labute approximate surface area is 134 Å². The molecule has 0 bridgehead atoms. The molecule has 0 saturated heterocycles. The summed E-state index contributed by atoms with van der Waals surface area (Å²) in [6.45, 7) is 2.04. The van der Waals surface area contributed by atoms with Gasteiger partial charge in [0.15, 0.2) is 0 Å². The van der Waals surface area contributed by atoms with Crippen molar-refractivity contribution >= 4 is 44.7 Å². The second-order valence-electron chi connectivity index (χ2n) is 4.18. The van der Waals surface area contributed by atoms with Gasteiger partial charge < -0.3 is 11.1 Å². The normalized spacial score (nSPS) is 11.1. The van der Waals surface area contributed by atoms with E-state index >= 15 is 0 Å². The Morgan fingerprint density at radius 2 is 2.10 bits per heavy atom.